The highest BCUT2D eigenvalue weighted by Gasteiger charge is 2.34. The lowest BCUT2D eigenvalue weighted by Gasteiger charge is -2.26. The molecule has 1 aliphatic carbocycles. The average Bonchev–Trinajstić information content (AvgIpc) is 2.76. The van der Waals surface area contributed by atoms with Crippen LogP contribution in [-0.2, 0) is 11.2 Å². The Bertz CT molecular complexity index is 560. The molecule has 1 unspecified atom stereocenters. The van der Waals surface area contributed by atoms with E-state index in [-0.39, 0.29) is 29.5 Å². The zero-order valence-corrected chi connectivity index (χ0v) is 15.4. The zero-order chi connectivity index (χ0) is 15.6. The quantitative estimate of drug-likeness (QED) is 0.840. The van der Waals surface area contributed by atoms with Crippen LogP contribution >= 0.6 is 35.5 Å². The molecule has 0 aliphatic heterocycles. The number of rotatable bonds is 5. The molecule has 3 N–H and O–H groups in total. The molecule has 5 nitrogen and oxygen atoms in total. The maximum absolute atomic E-state index is 12.1. The summed E-state index contributed by atoms with van der Waals surface area (Å²) in [5.41, 5.74) is 6.57. The highest BCUT2D eigenvalue weighted by molar-refractivity contribution is 7.98. The number of ketones is 1. The van der Waals surface area contributed by atoms with Crippen molar-refractivity contribution >= 4 is 52.3 Å². The maximum atomic E-state index is 12.1. The molecule has 8 heteroatoms. The van der Waals surface area contributed by atoms with Gasteiger partial charge in [-0.25, -0.2) is 4.98 Å². The van der Waals surface area contributed by atoms with Crippen LogP contribution in [-0.4, -0.2) is 34.7 Å². The van der Waals surface area contributed by atoms with Crippen LogP contribution in [0, 0.1) is 5.41 Å². The first-order valence-electron chi connectivity index (χ1n) is 6.91. The molecule has 0 saturated carbocycles. The van der Waals surface area contributed by atoms with Crippen molar-refractivity contribution in [2.75, 3.05) is 17.3 Å². The molecule has 1 heterocycles. The molecule has 0 radical (unpaired) electrons. The van der Waals surface area contributed by atoms with Gasteiger partial charge in [0.15, 0.2) is 10.9 Å². The van der Waals surface area contributed by atoms with Crippen LogP contribution in [0.25, 0.3) is 0 Å². The summed E-state index contributed by atoms with van der Waals surface area (Å²) in [6, 6.07) is -0.537. The van der Waals surface area contributed by atoms with Crippen molar-refractivity contribution in [2.45, 2.75) is 39.2 Å². The van der Waals surface area contributed by atoms with Crippen molar-refractivity contribution in [1.82, 2.24) is 4.98 Å². The molecule has 0 saturated heterocycles. The van der Waals surface area contributed by atoms with Gasteiger partial charge in [0.05, 0.1) is 16.6 Å². The van der Waals surface area contributed by atoms with Crippen LogP contribution < -0.4 is 11.1 Å². The van der Waals surface area contributed by atoms with E-state index < -0.39 is 6.04 Å². The number of aromatic nitrogens is 1. The lowest BCUT2D eigenvalue weighted by Crippen LogP contribution is -2.36. The Morgan fingerprint density at radius 2 is 2.18 bits per heavy atom. The van der Waals surface area contributed by atoms with Crippen LogP contribution in [0.15, 0.2) is 0 Å². The number of anilines is 1. The van der Waals surface area contributed by atoms with Crippen LogP contribution in [0.4, 0.5) is 5.13 Å². The molecule has 1 atom stereocenters. The van der Waals surface area contributed by atoms with Gasteiger partial charge in [0.25, 0.3) is 0 Å². The SMILES string of the molecule is CSCCC(N)C(=O)Nc1nc2c(s1)C(=O)CC(C)(C)C2.Cl. The monoisotopic (exact) mass is 363 g/mol. The second-order valence-electron chi connectivity index (χ2n) is 6.11. The van der Waals surface area contributed by atoms with E-state index in [2.05, 4.69) is 24.1 Å². The number of carbonyl (C=O) groups excluding carboxylic acids is 2. The number of Topliss-reactive ketones (excluding diaryl/α,β-unsaturated/α-hetero) is 1. The molecule has 1 aromatic heterocycles. The van der Waals surface area contributed by atoms with Gasteiger partial charge in [-0.3, -0.25) is 9.59 Å². The Labute approximate surface area is 145 Å². The summed E-state index contributed by atoms with van der Waals surface area (Å²) < 4.78 is 0. The van der Waals surface area contributed by atoms with Gasteiger partial charge in [-0.1, -0.05) is 25.2 Å². The minimum atomic E-state index is -0.537. The fourth-order valence-electron chi connectivity index (χ4n) is 2.35. The second-order valence-corrected chi connectivity index (χ2v) is 8.10. The molecule has 1 aliphatic rings. The fraction of sp³-hybridized carbons (Fsp3) is 0.643. The van der Waals surface area contributed by atoms with E-state index in [1.54, 1.807) is 11.8 Å². The first-order valence-corrected chi connectivity index (χ1v) is 9.12. The van der Waals surface area contributed by atoms with Gasteiger partial charge in [-0.05, 0) is 30.3 Å². The van der Waals surface area contributed by atoms with Gasteiger partial charge in [-0.2, -0.15) is 11.8 Å². The van der Waals surface area contributed by atoms with Gasteiger partial charge < -0.3 is 11.1 Å². The Morgan fingerprint density at radius 3 is 2.82 bits per heavy atom. The fourth-order valence-corrected chi connectivity index (χ4v) is 3.76. The normalized spacial score (nSPS) is 17.4. The van der Waals surface area contributed by atoms with Crippen LogP contribution in [0.2, 0.25) is 0 Å². The maximum Gasteiger partial charge on any atom is 0.243 e. The molecule has 1 aromatic rings. The molecule has 2 rings (SSSR count). The summed E-state index contributed by atoms with van der Waals surface area (Å²) in [4.78, 5) is 29.2. The van der Waals surface area contributed by atoms with Crippen LogP contribution in [0.3, 0.4) is 0 Å². The molecule has 0 bridgehead atoms. The number of nitrogens with one attached hydrogen (secondary N) is 1. The number of halogens is 1. The Kier molecular flexibility index (Phi) is 6.85. The molecular weight excluding hydrogens is 342 g/mol. The third kappa shape index (κ3) is 4.68. The van der Waals surface area contributed by atoms with Crippen molar-refractivity contribution in [3.63, 3.8) is 0 Å². The third-order valence-electron chi connectivity index (χ3n) is 3.44. The van der Waals surface area contributed by atoms with Gasteiger partial charge in [0.2, 0.25) is 5.91 Å². The minimum absolute atomic E-state index is 0. The predicted octanol–water partition coefficient (Wildman–Crippen LogP) is 2.74. The Hall–Kier alpha value is -0.630. The summed E-state index contributed by atoms with van der Waals surface area (Å²) >= 11 is 2.92. The number of amides is 1. The van der Waals surface area contributed by atoms with Crippen molar-refractivity contribution in [2.24, 2.45) is 11.1 Å². The minimum Gasteiger partial charge on any atom is -0.320 e. The summed E-state index contributed by atoms with van der Waals surface area (Å²) in [5, 5.41) is 3.22. The van der Waals surface area contributed by atoms with Gasteiger partial charge in [0.1, 0.15) is 0 Å². The molecule has 124 valence electrons. The summed E-state index contributed by atoms with van der Waals surface area (Å²) in [6.45, 7) is 4.12. The largest absolute Gasteiger partial charge is 0.320 e. The Balaban J connectivity index is 0.00000242. The standard InChI is InChI=1S/C14H21N3O2S2.ClH/c1-14(2)6-9-11(10(18)7-14)21-13(16-9)17-12(19)8(15)4-5-20-3;/h8H,4-7,15H2,1-3H3,(H,16,17,19);1H. The van der Waals surface area contributed by atoms with Crippen LogP contribution in [0.1, 0.15) is 42.1 Å². The number of hydrogen-bond donors (Lipinski definition) is 2. The third-order valence-corrected chi connectivity index (χ3v) is 5.13. The highest BCUT2D eigenvalue weighted by atomic mass is 35.5. The number of fused-ring (bicyclic) bond motifs is 1. The Morgan fingerprint density at radius 1 is 1.50 bits per heavy atom. The van der Waals surface area contributed by atoms with Crippen molar-refractivity contribution in [3.8, 4) is 0 Å². The summed E-state index contributed by atoms with van der Waals surface area (Å²) in [5.74, 6) is 0.725. The lowest BCUT2D eigenvalue weighted by atomic mass is 9.78. The van der Waals surface area contributed by atoms with Crippen molar-refractivity contribution in [1.29, 1.82) is 0 Å². The van der Waals surface area contributed by atoms with E-state index in [4.69, 9.17) is 5.73 Å². The molecule has 0 fully saturated rings. The van der Waals surface area contributed by atoms with E-state index in [0.717, 1.165) is 17.9 Å². The highest BCUT2D eigenvalue weighted by Crippen LogP contribution is 2.38. The molecular formula is C14H22ClN3O2S2. The van der Waals surface area contributed by atoms with Gasteiger partial charge in [0, 0.05) is 6.42 Å². The average molecular weight is 364 g/mol. The van der Waals surface area contributed by atoms with Crippen molar-refractivity contribution in [3.05, 3.63) is 10.6 Å². The van der Waals surface area contributed by atoms with Gasteiger partial charge in [-0.15, -0.1) is 12.4 Å². The summed E-state index contributed by atoms with van der Waals surface area (Å²) in [7, 11) is 0. The van der Waals surface area contributed by atoms with E-state index in [0.29, 0.717) is 22.9 Å². The lowest BCUT2D eigenvalue weighted by molar-refractivity contribution is -0.117. The van der Waals surface area contributed by atoms with E-state index in [9.17, 15) is 9.59 Å². The topological polar surface area (TPSA) is 85.1 Å². The predicted molar refractivity (Wildman–Crippen MR) is 95.4 cm³/mol. The molecule has 1 amide bonds. The number of thiazole rings is 1. The first-order chi connectivity index (χ1) is 9.82. The van der Waals surface area contributed by atoms with E-state index >= 15 is 0 Å². The molecule has 0 aromatic carbocycles. The number of thioether (sulfide) groups is 1. The summed E-state index contributed by atoms with van der Waals surface area (Å²) in [6.07, 6.45) is 3.90. The first kappa shape index (κ1) is 19.4. The number of nitrogens with two attached hydrogens (primary N) is 1. The van der Waals surface area contributed by atoms with Crippen molar-refractivity contribution < 1.29 is 9.59 Å². The van der Waals surface area contributed by atoms with E-state index in [1.807, 2.05) is 6.26 Å². The van der Waals surface area contributed by atoms with E-state index in [1.165, 1.54) is 11.3 Å². The second kappa shape index (κ2) is 7.77. The molecule has 22 heavy (non-hydrogen) atoms. The van der Waals surface area contributed by atoms with Gasteiger partial charge >= 0.3 is 0 Å². The molecule has 0 spiro atoms. The number of carbonyl (C=O) groups is 2. The number of hydrogen-bond acceptors (Lipinski definition) is 6. The zero-order valence-electron chi connectivity index (χ0n) is 13.0. The smallest absolute Gasteiger partial charge is 0.243 e. The number of nitrogens with zero attached hydrogens (tertiary/aromatic N) is 1. The van der Waals surface area contributed by atoms with Crippen LogP contribution in [0.5, 0.6) is 0 Å².